The van der Waals surface area contributed by atoms with Gasteiger partial charge in [-0.2, -0.15) is 5.10 Å². The first-order valence-electron chi connectivity index (χ1n) is 6.07. The van der Waals surface area contributed by atoms with Crippen molar-refractivity contribution in [3.05, 3.63) is 63.7 Å². The smallest absolute Gasteiger partial charge is 0.275 e. The Morgan fingerprint density at radius 3 is 2.68 bits per heavy atom. The number of phenols is 2. The van der Waals surface area contributed by atoms with Crippen LogP contribution in [-0.4, -0.2) is 27.3 Å². The van der Waals surface area contributed by atoms with Crippen LogP contribution in [0.2, 0.25) is 0 Å². The third-order valence-corrected chi connectivity index (χ3v) is 2.69. The summed E-state index contributed by atoms with van der Waals surface area (Å²) in [5, 5.41) is 33.2. The summed E-state index contributed by atoms with van der Waals surface area (Å²) in [6.07, 6.45) is 1.28. The summed E-state index contributed by atoms with van der Waals surface area (Å²) in [6.45, 7) is 0. The summed E-state index contributed by atoms with van der Waals surface area (Å²) in [6, 6.07) is 9.27. The molecule has 0 aromatic heterocycles. The zero-order chi connectivity index (χ0) is 16.1. The highest BCUT2D eigenvalue weighted by Gasteiger charge is 2.15. The first-order chi connectivity index (χ1) is 10.5. The SMILES string of the molecule is O=C(N/N=C/c1cccc(O)c1)c1cc([N+](=O)[O-])ccc1O. The summed E-state index contributed by atoms with van der Waals surface area (Å²) in [5.74, 6) is -1.14. The van der Waals surface area contributed by atoms with Crippen molar-refractivity contribution in [1.29, 1.82) is 0 Å². The van der Waals surface area contributed by atoms with Gasteiger partial charge in [-0.3, -0.25) is 14.9 Å². The Hall–Kier alpha value is -3.42. The first kappa shape index (κ1) is 15.0. The lowest BCUT2D eigenvalue weighted by molar-refractivity contribution is -0.384. The molecule has 2 aromatic carbocycles. The lowest BCUT2D eigenvalue weighted by atomic mass is 10.1. The van der Waals surface area contributed by atoms with Crippen LogP contribution in [0.4, 0.5) is 5.69 Å². The van der Waals surface area contributed by atoms with E-state index in [1.54, 1.807) is 12.1 Å². The number of nitro groups is 1. The molecule has 2 aromatic rings. The van der Waals surface area contributed by atoms with Gasteiger partial charge in [-0.25, -0.2) is 5.43 Å². The lowest BCUT2D eigenvalue weighted by Crippen LogP contribution is -2.17. The highest BCUT2D eigenvalue weighted by Crippen LogP contribution is 2.22. The van der Waals surface area contributed by atoms with Crippen molar-refractivity contribution in [2.24, 2.45) is 5.10 Å². The Morgan fingerprint density at radius 2 is 2.00 bits per heavy atom. The minimum atomic E-state index is -0.794. The van der Waals surface area contributed by atoms with Crippen LogP contribution in [0.1, 0.15) is 15.9 Å². The number of nitrogens with zero attached hydrogens (tertiary/aromatic N) is 2. The molecular formula is C14H11N3O5. The predicted octanol–water partition coefficient (Wildman–Crippen LogP) is 1.77. The second-order valence-corrected chi connectivity index (χ2v) is 4.25. The maximum Gasteiger partial charge on any atom is 0.275 e. The fourth-order valence-electron chi connectivity index (χ4n) is 1.65. The predicted molar refractivity (Wildman–Crippen MR) is 77.9 cm³/mol. The minimum Gasteiger partial charge on any atom is -0.508 e. The van der Waals surface area contributed by atoms with E-state index >= 15 is 0 Å². The van der Waals surface area contributed by atoms with Gasteiger partial charge in [0.2, 0.25) is 0 Å². The van der Waals surface area contributed by atoms with E-state index in [1.165, 1.54) is 18.3 Å². The topological polar surface area (TPSA) is 125 Å². The van der Waals surface area contributed by atoms with Gasteiger partial charge in [0.05, 0.1) is 16.7 Å². The number of amides is 1. The summed E-state index contributed by atoms with van der Waals surface area (Å²) < 4.78 is 0. The number of carbonyl (C=O) groups excluding carboxylic acids is 1. The zero-order valence-corrected chi connectivity index (χ0v) is 11.1. The van der Waals surface area contributed by atoms with Crippen LogP contribution >= 0.6 is 0 Å². The number of benzene rings is 2. The van der Waals surface area contributed by atoms with Crippen LogP contribution in [0.3, 0.4) is 0 Å². The highest BCUT2D eigenvalue weighted by atomic mass is 16.6. The van der Waals surface area contributed by atoms with Crippen molar-refractivity contribution in [2.75, 3.05) is 0 Å². The Balaban J connectivity index is 2.12. The van der Waals surface area contributed by atoms with E-state index in [9.17, 15) is 25.1 Å². The molecule has 2 rings (SSSR count). The number of hydrogen-bond acceptors (Lipinski definition) is 6. The van der Waals surface area contributed by atoms with Crippen LogP contribution in [0, 0.1) is 10.1 Å². The molecule has 0 spiro atoms. The van der Waals surface area contributed by atoms with Gasteiger partial charge in [-0.1, -0.05) is 12.1 Å². The second-order valence-electron chi connectivity index (χ2n) is 4.25. The molecule has 0 aliphatic carbocycles. The van der Waals surface area contributed by atoms with E-state index in [-0.39, 0.29) is 17.0 Å². The van der Waals surface area contributed by atoms with Gasteiger partial charge in [-0.05, 0) is 23.8 Å². The number of rotatable bonds is 4. The summed E-state index contributed by atoms with van der Waals surface area (Å²) in [4.78, 5) is 21.8. The average Bonchev–Trinajstić information content (AvgIpc) is 2.47. The van der Waals surface area contributed by atoms with Crippen molar-refractivity contribution in [1.82, 2.24) is 5.43 Å². The van der Waals surface area contributed by atoms with Gasteiger partial charge in [0.25, 0.3) is 11.6 Å². The second kappa shape index (κ2) is 6.35. The van der Waals surface area contributed by atoms with Crippen molar-refractivity contribution >= 4 is 17.8 Å². The highest BCUT2D eigenvalue weighted by molar-refractivity contribution is 5.98. The summed E-state index contributed by atoms with van der Waals surface area (Å²) in [7, 11) is 0. The average molecular weight is 301 g/mol. The lowest BCUT2D eigenvalue weighted by Gasteiger charge is -2.02. The van der Waals surface area contributed by atoms with Gasteiger partial charge in [0.1, 0.15) is 11.5 Å². The normalized spacial score (nSPS) is 10.5. The van der Waals surface area contributed by atoms with Gasteiger partial charge >= 0.3 is 0 Å². The molecule has 3 N–H and O–H groups in total. The molecule has 0 unspecified atom stereocenters. The molecule has 8 nitrogen and oxygen atoms in total. The van der Waals surface area contributed by atoms with Gasteiger partial charge < -0.3 is 10.2 Å². The third-order valence-electron chi connectivity index (χ3n) is 2.69. The molecule has 22 heavy (non-hydrogen) atoms. The molecule has 0 saturated carbocycles. The molecule has 0 heterocycles. The molecule has 0 bridgehead atoms. The van der Waals surface area contributed by atoms with Crippen molar-refractivity contribution in [3.8, 4) is 11.5 Å². The van der Waals surface area contributed by atoms with E-state index < -0.39 is 16.6 Å². The summed E-state index contributed by atoms with van der Waals surface area (Å²) in [5.41, 5.74) is 2.10. The number of nitrogens with one attached hydrogen (secondary N) is 1. The van der Waals surface area contributed by atoms with Crippen LogP contribution in [0.5, 0.6) is 11.5 Å². The number of carbonyl (C=O) groups is 1. The Kier molecular flexibility index (Phi) is 4.33. The Morgan fingerprint density at radius 1 is 1.23 bits per heavy atom. The van der Waals surface area contributed by atoms with Gasteiger partial charge in [0.15, 0.2) is 0 Å². The minimum absolute atomic E-state index is 0.0478. The molecular weight excluding hydrogens is 290 g/mol. The maximum atomic E-state index is 11.8. The molecule has 0 radical (unpaired) electrons. The Labute approximate surface area is 124 Å². The van der Waals surface area contributed by atoms with E-state index in [4.69, 9.17) is 0 Å². The van der Waals surface area contributed by atoms with Crippen molar-refractivity contribution in [3.63, 3.8) is 0 Å². The van der Waals surface area contributed by atoms with Crippen LogP contribution in [0.25, 0.3) is 0 Å². The largest absolute Gasteiger partial charge is 0.508 e. The molecule has 0 atom stereocenters. The fraction of sp³-hybridized carbons (Fsp3) is 0. The van der Waals surface area contributed by atoms with E-state index in [0.29, 0.717) is 5.56 Å². The number of hydrazone groups is 1. The van der Waals surface area contributed by atoms with Crippen molar-refractivity contribution in [2.45, 2.75) is 0 Å². The number of aromatic hydroxyl groups is 2. The van der Waals surface area contributed by atoms with Gasteiger partial charge in [0, 0.05) is 12.1 Å². The maximum absolute atomic E-state index is 11.8. The molecule has 1 amide bonds. The molecule has 0 fully saturated rings. The van der Waals surface area contributed by atoms with Crippen LogP contribution < -0.4 is 5.43 Å². The van der Waals surface area contributed by atoms with E-state index in [2.05, 4.69) is 10.5 Å². The number of phenolic OH excluding ortho intramolecular Hbond substituents is 2. The number of non-ortho nitro benzene ring substituents is 1. The third kappa shape index (κ3) is 3.57. The molecule has 112 valence electrons. The Bertz CT molecular complexity index is 758. The first-order valence-corrected chi connectivity index (χ1v) is 6.07. The van der Waals surface area contributed by atoms with Crippen LogP contribution in [-0.2, 0) is 0 Å². The zero-order valence-electron chi connectivity index (χ0n) is 11.1. The van der Waals surface area contributed by atoms with E-state index in [0.717, 1.165) is 18.2 Å². The standard InChI is InChI=1S/C14H11N3O5/c18-11-3-1-2-9(6-11)8-15-16-14(20)12-7-10(17(21)22)4-5-13(12)19/h1-8,18-19H,(H,16,20)/b15-8+. The monoisotopic (exact) mass is 301 g/mol. The molecule has 0 aliphatic heterocycles. The van der Waals surface area contributed by atoms with Crippen molar-refractivity contribution < 1.29 is 19.9 Å². The number of hydrogen-bond donors (Lipinski definition) is 3. The van der Waals surface area contributed by atoms with Crippen LogP contribution in [0.15, 0.2) is 47.6 Å². The fourth-order valence-corrected chi connectivity index (χ4v) is 1.65. The molecule has 0 saturated heterocycles. The molecule has 0 aliphatic rings. The quantitative estimate of drug-likeness (QED) is 0.451. The van der Waals surface area contributed by atoms with E-state index in [1.807, 2.05) is 0 Å². The number of nitro benzene ring substituents is 1. The van der Waals surface area contributed by atoms with Gasteiger partial charge in [-0.15, -0.1) is 0 Å². The molecule has 8 heteroatoms. The summed E-state index contributed by atoms with van der Waals surface area (Å²) >= 11 is 0.